The molecule has 7 heteroatoms. The molecule has 0 amide bonds. The Kier molecular flexibility index (Phi) is 4.37. The van der Waals surface area contributed by atoms with E-state index >= 15 is 0 Å². The molecule has 0 saturated carbocycles. The maximum absolute atomic E-state index is 11.1. The Morgan fingerprint density at radius 1 is 1.08 bits per heavy atom. The van der Waals surface area contributed by atoms with Crippen molar-refractivity contribution < 1.29 is 19.4 Å². The van der Waals surface area contributed by atoms with Gasteiger partial charge in [0.05, 0.1) is 21.8 Å². The van der Waals surface area contributed by atoms with Crippen LogP contribution in [0.25, 0.3) is 23.5 Å². The fourth-order valence-electron chi connectivity index (χ4n) is 2.56. The van der Waals surface area contributed by atoms with Gasteiger partial charge in [-0.2, -0.15) is 0 Å². The van der Waals surface area contributed by atoms with Crippen LogP contribution in [-0.2, 0) is 0 Å². The summed E-state index contributed by atoms with van der Waals surface area (Å²) >= 11 is 1.56. The third-order valence-corrected chi connectivity index (χ3v) is 4.72. The summed E-state index contributed by atoms with van der Waals surface area (Å²) in [5.74, 6) is 0.572. The van der Waals surface area contributed by atoms with E-state index in [-0.39, 0.29) is 5.56 Å². The number of rotatable bonds is 4. The van der Waals surface area contributed by atoms with Gasteiger partial charge in [-0.25, -0.2) is 4.79 Å². The molecule has 26 heavy (non-hydrogen) atoms. The van der Waals surface area contributed by atoms with Crippen LogP contribution in [0.4, 0.5) is 0 Å². The molecular formula is C19H14N2O4S. The van der Waals surface area contributed by atoms with Gasteiger partial charge in [0.15, 0.2) is 11.5 Å². The van der Waals surface area contributed by atoms with E-state index in [2.05, 4.69) is 9.97 Å². The molecule has 1 N–H and O–H groups in total. The van der Waals surface area contributed by atoms with Gasteiger partial charge in [-0.3, -0.25) is 9.97 Å². The lowest BCUT2D eigenvalue weighted by atomic mass is 10.1. The molecule has 0 spiro atoms. The quantitative estimate of drug-likeness (QED) is 0.755. The van der Waals surface area contributed by atoms with Gasteiger partial charge < -0.3 is 14.6 Å². The van der Waals surface area contributed by atoms with Gasteiger partial charge in [-0.05, 0) is 35.9 Å². The molecule has 130 valence electrons. The van der Waals surface area contributed by atoms with Crippen LogP contribution in [0.15, 0.2) is 42.0 Å². The zero-order valence-electron chi connectivity index (χ0n) is 13.6. The van der Waals surface area contributed by atoms with E-state index in [4.69, 9.17) is 14.6 Å². The number of carbonyl (C=O) groups is 1. The summed E-state index contributed by atoms with van der Waals surface area (Å²) in [7, 11) is 0. The van der Waals surface area contributed by atoms with Crippen molar-refractivity contribution in [1.29, 1.82) is 0 Å². The number of thiophene rings is 1. The second-order valence-electron chi connectivity index (χ2n) is 5.53. The van der Waals surface area contributed by atoms with Crippen molar-refractivity contribution in [2.24, 2.45) is 0 Å². The lowest BCUT2D eigenvalue weighted by molar-refractivity contribution is 0.0697. The average Bonchev–Trinajstić information content (AvgIpc) is 3.10. The maximum atomic E-state index is 11.1. The standard InChI is InChI=1S/C19H14N2O4S/c22-19(23)13-4-6-21-15(10-13)14-9-12(3-5-20-14)1-2-17-18-16(11-26-17)24-7-8-25-18/h1-6,9-11H,7-8H2,(H,22,23)/b2-1+. The van der Waals surface area contributed by atoms with Crippen LogP contribution in [0.5, 0.6) is 11.5 Å². The van der Waals surface area contributed by atoms with Gasteiger partial charge in [0.2, 0.25) is 0 Å². The monoisotopic (exact) mass is 366 g/mol. The Morgan fingerprint density at radius 2 is 1.85 bits per heavy atom. The van der Waals surface area contributed by atoms with E-state index in [1.807, 2.05) is 29.7 Å². The first-order chi connectivity index (χ1) is 12.7. The topological polar surface area (TPSA) is 81.5 Å². The van der Waals surface area contributed by atoms with Crippen molar-refractivity contribution in [1.82, 2.24) is 9.97 Å². The minimum absolute atomic E-state index is 0.181. The van der Waals surface area contributed by atoms with E-state index < -0.39 is 5.97 Å². The van der Waals surface area contributed by atoms with Gasteiger partial charge in [0, 0.05) is 17.8 Å². The molecule has 1 aliphatic rings. The van der Waals surface area contributed by atoms with Gasteiger partial charge in [0.1, 0.15) is 13.2 Å². The molecule has 0 radical (unpaired) electrons. The Bertz CT molecular complexity index is 997. The number of carboxylic acids is 1. The van der Waals surface area contributed by atoms with Crippen LogP contribution in [0, 0.1) is 0 Å². The third kappa shape index (κ3) is 3.29. The zero-order valence-corrected chi connectivity index (χ0v) is 14.4. The van der Waals surface area contributed by atoms with Crippen LogP contribution < -0.4 is 9.47 Å². The molecule has 3 aromatic rings. The lowest BCUT2D eigenvalue weighted by Gasteiger charge is -2.15. The average molecular weight is 366 g/mol. The molecule has 4 heterocycles. The minimum atomic E-state index is -0.991. The molecule has 0 unspecified atom stereocenters. The molecule has 0 saturated heterocycles. The van der Waals surface area contributed by atoms with Crippen molar-refractivity contribution in [3.63, 3.8) is 0 Å². The predicted octanol–water partition coefficient (Wildman–Crippen LogP) is 3.84. The number of pyridine rings is 2. The number of hydrogen-bond acceptors (Lipinski definition) is 6. The summed E-state index contributed by atoms with van der Waals surface area (Å²) in [5, 5.41) is 11.1. The summed E-state index contributed by atoms with van der Waals surface area (Å²) in [5.41, 5.74) is 2.24. The fraction of sp³-hybridized carbons (Fsp3) is 0.105. The summed E-state index contributed by atoms with van der Waals surface area (Å²) < 4.78 is 11.2. The first-order valence-corrected chi connectivity index (χ1v) is 8.79. The highest BCUT2D eigenvalue weighted by molar-refractivity contribution is 7.11. The van der Waals surface area contributed by atoms with Crippen LogP contribution in [-0.4, -0.2) is 34.3 Å². The van der Waals surface area contributed by atoms with E-state index in [1.165, 1.54) is 18.3 Å². The number of hydrogen-bond donors (Lipinski definition) is 1. The van der Waals surface area contributed by atoms with Crippen LogP contribution in [0.1, 0.15) is 20.8 Å². The Morgan fingerprint density at radius 3 is 2.69 bits per heavy atom. The highest BCUT2D eigenvalue weighted by Crippen LogP contribution is 2.40. The fourth-order valence-corrected chi connectivity index (χ4v) is 3.39. The van der Waals surface area contributed by atoms with Gasteiger partial charge in [0.25, 0.3) is 0 Å². The van der Waals surface area contributed by atoms with Crippen molar-refractivity contribution in [3.8, 4) is 22.9 Å². The predicted molar refractivity (Wildman–Crippen MR) is 98.7 cm³/mol. The summed E-state index contributed by atoms with van der Waals surface area (Å²) in [6.07, 6.45) is 7.07. The number of fused-ring (bicyclic) bond motifs is 1. The van der Waals surface area contributed by atoms with Crippen molar-refractivity contribution in [3.05, 3.63) is 58.0 Å². The highest BCUT2D eigenvalue weighted by Gasteiger charge is 2.16. The van der Waals surface area contributed by atoms with Crippen molar-refractivity contribution in [2.45, 2.75) is 0 Å². The summed E-state index contributed by atoms with van der Waals surface area (Å²) in [6.45, 7) is 1.12. The van der Waals surface area contributed by atoms with Crippen molar-refractivity contribution in [2.75, 3.05) is 13.2 Å². The first-order valence-electron chi connectivity index (χ1n) is 7.91. The van der Waals surface area contributed by atoms with Crippen LogP contribution in [0.3, 0.4) is 0 Å². The molecule has 4 rings (SSSR count). The van der Waals surface area contributed by atoms with Gasteiger partial charge >= 0.3 is 5.97 Å². The molecule has 0 aromatic carbocycles. The number of aromatic nitrogens is 2. The third-order valence-electron chi connectivity index (χ3n) is 3.81. The molecular weight excluding hydrogens is 352 g/mol. The number of ether oxygens (including phenoxy) is 2. The summed E-state index contributed by atoms with van der Waals surface area (Å²) in [4.78, 5) is 20.6. The second kappa shape index (κ2) is 6.97. The first kappa shape index (κ1) is 16.3. The smallest absolute Gasteiger partial charge is 0.335 e. The molecule has 0 aliphatic carbocycles. The number of carboxylic acid groups (broad SMARTS) is 1. The lowest BCUT2D eigenvalue weighted by Crippen LogP contribution is -2.14. The molecule has 6 nitrogen and oxygen atoms in total. The Labute approximate surface area is 153 Å². The Balaban J connectivity index is 1.61. The maximum Gasteiger partial charge on any atom is 0.335 e. The largest absolute Gasteiger partial charge is 0.485 e. The molecule has 0 bridgehead atoms. The summed E-state index contributed by atoms with van der Waals surface area (Å²) in [6, 6.07) is 6.71. The SMILES string of the molecule is O=C(O)c1ccnc(-c2cc(/C=C/c3scc4c3OCCO4)ccn2)c1. The van der Waals surface area contributed by atoms with Gasteiger partial charge in [-0.1, -0.05) is 6.08 Å². The van der Waals surface area contributed by atoms with E-state index in [0.29, 0.717) is 24.6 Å². The minimum Gasteiger partial charge on any atom is -0.485 e. The Hall–Kier alpha value is -3.19. The zero-order chi connectivity index (χ0) is 17.9. The van der Waals surface area contributed by atoms with E-state index in [9.17, 15) is 4.79 Å². The van der Waals surface area contributed by atoms with Gasteiger partial charge in [-0.15, -0.1) is 11.3 Å². The number of nitrogens with zero attached hydrogens (tertiary/aromatic N) is 2. The molecule has 1 aliphatic heterocycles. The second-order valence-corrected chi connectivity index (χ2v) is 6.44. The molecule has 0 fully saturated rings. The van der Waals surface area contributed by atoms with E-state index in [0.717, 1.165) is 21.9 Å². The molecule has 0 atom stereocenters. The van der Waals surface area contributed by atoms with E-state index in [1.54, 1.807) is 17.5 Å². The van der Waals surface area contributed by atoms with Crippen LogP contribution in [0.2, 0.25) is 0 Å². The highest BCUT2D eigenvalue weighted by atomic mass is 32.1. The molecule has 3 aromatic heterocycles. The number of aromatic carboxylic acids is 1. The van der Waals surface area contributed by atoms with Crippen LogP contribution >= 0.6 is 11.3 Å². The normalized spacial score (nSPS) is 13.1. The van der Waals surface area contributed by atoms with Crippen molar-refractivity contribution >= 4 is 29.5 Å².